The number of benzene rings is 2. The van der Waals surface area contributed by atoms with Crippen LogP contribution in [0.15, 0.2) is 60.7 Å². The summed E-state index contributed by atoms with van der Waals surface area (Å²) in [6.45, 7) is 3.60. The molecule has 0 heterocycles. The van der Waals surface area contributed by atoms with Crippen LogP contribution in [0.25, 0.3) is 0 Å². The molecule has 5 heteroatoms. The zero-order valence-electron chi connectivity index (χ0n) is 16.8. The third kappa shape index (κ3) is 5.67. The number of amides is 1. The average molecular weight is 383 g/mol. The lowest BCUT2D eigenvalue weighted by atomic mass is 9.87. The monoisotopic (exact) mass is 383 g/mol. The number of carbonyl (C=O) groups excluding carboxylic acids is 2. The smallest absolute Gasteiger partial charge is 0.307 e. The van der Waals surface area contributed by atoms with E-state index in [9.17, 15) is 14.7 Å². The summed E-state index contributed by atoms with van der Waals surface area (Å²) >= 11 is 0. The highest BCUT2D eigenvalue weighted by atomic mass is 16.5. The number of carbonyl (C=O) groups is 2. The predicted molar refractivity (Wildman–Crippen MR) is 109 cm³/mol. The number of hydrogen-bond acceptors (Lipinski definition) is 4. The SMILES string of the molecule is COC(=O)CCN(C(=O)CC(c1ccccc1)c1ccccc1)C(C)(C)CO. The molecule has 2 aromatic carbocycles. The van der Waals surface area contributed by atoms with Gasteiger partial charge in [0.05, 0.1) is 25.7 Å². The van der Waals surface area contributed by atoms with Gasteiger partial charge in [0.15, 0.2) is 0 Å². The van der Waals surface area contributed by atoms with Gasteiger partial charge >= 0.3 is 5.97 Å². The second-order valence-corrected chi connectivity index (χ2v) is 7.42. The summed E-state index contributed by atoms with van der Waals surface area (Å²) in [5.74, 6) is -0.597. The molecule has 28 heavy (non-hydrogen) atoms. The first-order valence-electron chi connectivity index (χ1n) is 9.47. The van der Waals surface area contributed by atoms with E-state index in [0.717, 1.165) is 11.1 Å². The number of hydrogen-bond donors (Lipinski definition) is 1. The number of methoxy groups -OCH3 is 1. The van der Waals surface area contributed by atoms with Gasteiger partial charge in [0, 0.05) is 18.9 Å². The standard InChI is InChI=1S/C23H29NO4/c1-23(2,17-25)24(15-14-22(27)28-3)21(26)16-20(18-10-6-4-7-11-18)19-12-8-5-9-13-19/h4-13,20,25H,14-17H2,1-3H3. The minimum Gasteiger partial charge on any atom is -0.469 e. The van der Waals surface area contributed by atoms with Gasteiger partial charge in [-0.25, -0.2) is 0 Å². The van der Waals surface area contributed by atoms with E-state index in [1.165, 1.54) is 7.11 Å². The van der Waals surface area contributed by atoms with Gasteiger partial charge in [-0.1, -0.05) is 60.7 Å². The van der Waals surface area contributed by atoms with Crippen molar-refractivity contribution in [1.29, 1.82) is 0 Å². The molecule has 0 aromatic heterocycles. The lowest BCUT2D eigenvalue weighted by molar-refractivity contribution is -0.144. The lowest BCUT2D eigenvalue weighted by Gasteiger charge is -2.38. The largest absolute Gasteiger partial charge is 0.469 e. The van der Waals surface area contributed by atoms with Crippen LogP contribution < -0.4 is 0 Å². The summed E-state index contributed by atoms with van der Waals surface area (Å²) in [4.78, 5) is 26.5. The third-order valence-corrected chi connectivity index (χ3v) is 4.97. The van der Waals surface area contributed by atoms with Crippen molar-refractivity contribution in [3.8, 4) is 0 Å². The topological polar surface area (TPSA) is 66.8 Å². The lowest BCUT2D eigenvalue weighted by Crippen LogP contribution is -2.51. The molecule has 2 aromatic rings. The van der Waals surface area contributed by atoms with Crippen LogP contribution in [-0.2, 0) is 14.3 Å². The van der Waals surface area contributed by atoms with Crippen LogP contribution in [-0.4, -0.2) is 47.7 Å². The summed E-state index contributed by atoms with van der Waals surface area (Å²) in [6, 6.07) is 19.8. The zero-order valence-corrected chi connectivity index (χ0v) is 16.8. The normalized spacial score (nSPS) is 11.3. The van der Waals surface area contributed by atoms with Crippen LogP contribution >= 0.6 is 0 Å². The number of aliphatic hydroxyl groups excluding tert-OH is 1. The van der Waals surface area contributed by atoms with Crippen LogP contribution in [0.3, 0.4) is 0 Å². The minimum absolute atomic E-state index is 0.0903. The van der Waals surface area contributed by atoms with Crippen molar-refractivity contribution in [2.45, 2.75) is 38.1 Å². The van der Waals surface area contributed by atoms with Gasteiger partial charge in [-0.15, -0.1) is 0 Å². The molecule has 0 spiro atoms. The molecular formula is C23H29NO4. The number of aliphatic hydroxyl groups is 1. The molecule has 0 saturated carbocycles. The van der Waals surface area contributed by atoms with E-state index < -0.39 is 5.54 Å². The number of nitrogens with zero attached hydrogens (tertiary/aromatic N) is 1. The van der Waals surface area contributed by atoms with E-state index in [0.29, 0.717) is 0 Å². The second kappa shape index (κ2) is 10.0. The molecule has 0 radical (unpaired) electrons. The number of esters is 1. The molecule has 0 aliphatic carbocycles. The quantitative estimate of drug-likeness (QED) is 0.674. The van der Waals surface area contributed by atoms with E-state index in [4.69, 9.17) is 4.74 Å². The Morgan fingerprint density at radius 1 is 1.00 bits per heavy atom. The molecule has 1 amide bonds. The third-order valence-electron chi connectivity index (χ3n) is 4.97. The molecule has 5 nitrogen and oxygen atoms in total. The fourth-order valence-electron chi connectivity index (χ4n) is 3.24. The van der Waals surface area contributed by atoms with Crippen LogP contribution in [0.1, 0.15) is 43.7 Å². The number of ether oxygens (including phenoxy) is 1. The molecule has 0 aliphatic rings. The maximum absolute atomic E-state index is 13.3. The first-order valence-corrected chi connectivity index (χ1v) is 9.47. The van der Waals surface area contributed by atoms with Crippen molar-refractivity contribution in [2.75, 3.05) is 20.3 Å². The Labute approximate surface area is 166 Å². The molecule has 0 aliphatic heterocycles. The Bertz CT molecular complexity index is 719. The number of rotatable bonds is 9. The van der Waals surface area contributed by atoms with Gasteiger partial charge in [-0.3, -0.25) is 9.59 Å². The van der Waals surface area contributed by atoms with Gasteiger partial charge in [-0.2, -0.15) is 0 Å². The van der Waals surface area contributed by atoms with Crippen molar-refractivity contribution in [3.63, 3.8) is 0 Å². The molecule has 2 rings (SSSR count). The fourth-order valence-corrected chi connectivity index (χ4v) is 3.24. The van der Waals surface area contributed by atoms with Crippen molar-refractivity contribution in [3.05, 3.63) is 71.8 Å². The van der Waals surface area contributed by atoms with Crippen LogP contribution in [0, 0.1) is 0 Å². The average Bonchev–Trinajstić information content (AvgIpc) is 2.73. The highest BCUT2D eigenvalue weighted by molar-refractivity contribution is 5.79. The summed E-state index contributed by atoms with van der Waals surface area (Å²) in [5.41, 5.74) is 1.33. The highest BCUT2D eigenvalue weighted by Crippen LogP contribution is 2.30. The Hall–Kier alpha value is -2.66. The summed E-state index contributed by atoms with van der Waals surface area (Å²) in [6.07, 6.45) is 0.339. The minimum atomic E-state index is -0.775. The van der Waals surface area contributed by atoms with Crippen molar-refractivity contribution in [2.24, 2.45) is 0 Å². The summed E-state index contributed by atoms with van der Waals surface area (Å²) in [7, 11) is 1.33. The predicted octanol–water partition coefficient (Wildman–Crippen LogP) is 3.37. The van der Waals surface area contributed by atoms with Crippen LogP contribution in [0.2, 0.25) is 0 Å². The first-order chi connectivity index (χ1) is 13.4. The maximum atomic E-state index is 13.3. The summed E-state index contributed by atoms with van der Waals surface area (Å²) in [5, 5.41) is 9.79. The Morgan fingerprint density at radius 3 is 1.93 bits per heavy atom. The van der Waals surface area contributed by atoms with Gasteiger partial charge in [0.1, 0.15) is 0 Å². The molecule has 150 valence electrons. The van der Waals surface area contributed by atoms with Crippen LogP contribution in [0.4, 0.5) is 0 Å². The Kier molecular flexibility index (Phi) is 7.76. The highest BCUT2D eigenvalue weighted by Gasteiger charge is 2.32. The maximum Gasteiger partial charge on any atom is 0.307 e. The summed E-state index contributed by atoms with van der Waals surface area (Å²) < 4.78 is 4.71. The molecule has 0 bridgehead atoms. The van der Waals surface area contributed by atoms with Crippen molar-refractivity contribution in [1.82, 2.24) is 4.90 Å². The van der Waals surface area contributed by atoms with E-state index in [1.807, 2.05) is 60.7 Å². The van der Waals surface area contributed by atoms with E-state index in [2.05, 4.69) is 0 Å². The fraction of sp³-hybridized carbons (Fsp3) is 0.391. The van der Waals surface area contributed by atoms with Gasteiger partial charge in [-0.05, 0) is 25.0 Å². The Balaban J connectivity index is 2.29. The van der Waals surface area contributed by atoms with Gasteiger partial charge < -0.3 is 14.7 Å². The van der Waals surface area contributed by atoms with Crippen molar-refractivity contribution < 1.29 is 19.4 Å². The van der Waals surface area contributed by atoms with E-state index >= 15 is 0 Å². The zero-order chi connectivity index (χ0) is 20.6. The molecule has 0 saturated heterocycles. The van der Waals surface area contributed by atoms with E-state index in [1.54, 1.807) is 18.7 Å². The Morgan fingerprint density at radius 2 is 1.50 bits per heavy atom. The molecule has 0 fully saturated rings. The molecule has 1 N–H and O–H groups in total. The molecule has 0 atom stereocenters. The second-order valence-electron chi connectivity index (χ2n) is 7.42. The molecular weight excluding hydrogens is 354 g/mol. The van der Waals surface area contributed by atoms with Crippen LogP contribution in [0.5, 0.6) is 0 Å². The van der Waals surface area contributed by atoms with Crippen molar-refractivity contribution >= 4 is 11.9 Å². The van der Waals surface area contributed by atoms with Gasteiger partial charge in [0.2, 0.25) is 5.91 Å². The first kappa shape index (κ1) is 21.6. The van der Waals surface area contributed by atoms with Gasteiger partial charge in [0.25, 0.3) is 0 Å². The van der Waals surface area contributed by atoms with E-state index in [-0.39, 0.29) is 43.8 Å². The molecule has 0 unspecified atom stereocenters.